The summed E-state index contributed by atoms with van der Waals surface area (Å²) in [5.74, 6) is 0.749. The lowest BCUT2D eigenvalue weighted by atomic mass is 10.1. The Labute approximate surface area is 160 Å². The maximum Gasteiger partial charge on any atom is 0.273 e. The van der Waals surface area contributed by atoms with Gasteiger partial charge in [-0.1, -0.05) is 24.3 Å². The van der Waals surface area contributed by atoms with Crippen LogP contribution in [0.4, 0.5) is 5.82 Å². The van der Waals surface area contributed by atoms with Crippen LogP contribution in [-0.4, -0.2) is 72.2 Å². The molecule has 0 atom stereocenters. The van der Waals surface area contributed by atoms with Crippen molar-refractivity contribution in [2.45, 2.75) is 25.3 Å². The summed E-state index contributed by atoms with van der Waals surface area (Å²) in [7, 11) is 3.45. The van der Waals surface area contributed by atoms with Crippen molar-refractivity contribution in [3.63, 3.8) is 0 Å². The summed E-state index contributed by atoms with van der Waals surface area (Å²) in [6.45, 7) is 4.09. The molecule has 0 bridgehead atoms. The van der Waals surface area contributed by atoms with Gasteiger partial charge in [-0.15, -0.1) is 10.2 Å². The van der Waals surface area contributed by atoms with E-state index < -0.39 is 0 Å². The van der Waals surface area contributed by atoms with E-state index in [4.69, 9.17) is 0 Å². The van der Waals surface area contributed by atoms with Crippen molar-refractivity contribution in [2.75, 3.05) is 45.2 Å². The van der Waals surface area contributed by atoms with E-state index in [9.17, 15) is 4.79 Å². The molecule has 1 amide bonds. The van der Waals surface area contributed by atoms with Crippen LogP contribution in [0.2, 0.25) is 0 Å². The van der Waals surface area contributed by atoms with Crippen LogP contribution < -0.4 is 4.90 Å². The van der Waals surface area contributed by atoms with E-state index in [0.717, 1.165) is 51.3 Å². The normalized spacial score (nSPS) is 18.2. The van der Waals surface area contributed by atoms with Crippen LogP contribution in [0, 0.1) is 0 Å². The Balaban J connectivity index is 1.38. The lowest BCUT2D eigenvalue weighted by Crippen LogP contribution is -2.39. The van der Waals surface area contributed by atoms with Gasteiger partial charge in [-0.3, -0.25) is 9.69 Å². The largest absolute Gasteiger partial charge is 0.354 e. The third-order valence-electron chi connectivity index (χ3n) is 5.68. The molecule has 0 unspecified atom stereocenters. The van der Waals surface area contributed by atoms with Crippen LogP contribution >= 0.6 is 0 Å². The molecule has 1 fully saturated rings. The fraction of sp³-hybridized carbons (Fsp3) is 0.476. The van der Waals surface area contributed by atoms with Gasteiger partial charge in [0.15, 0.2) is 11.5 Å². The zero-order valence-corrected chi connectivity index (χ0v) is 16.1. The van der Waals surface area contributed by atoms with Gasteiger partial charge >= 0.3 is 0 Å². The number of hydrogen-bond acceptors (Lipinski definition) is 5. The van der Waals surface area contributed by atoms with E-state index in [1.54, 1.807) is 20.2 Å². The summed E-state index contributed by atoms with van der Waals surface area (Å²) in [6, 6.07) is 13.2. The van der Waals surface area contributed by atoms with E-state index in [-0.39, 0.29) is 5.91 Å². The van der Waals surface area contributed by atoms with E-state index >= 15 is 0 Å². The Hall–Kier alpha value is -2.47. The number of hydrogen-bond donors (Lipinski definition) is 0. The molecule has 2 aromatic rings. The molecular formula is C21H27N5O. The molecule has 1 aromatic heterocycles. The number of amides is 1. The molecule has 1 aliphatic carbocycles. The minimum atomic E-state index is -0.114. The molecule has 0 spiro atoms. The van der Waals surface area contributed by atoms with Crippen LogP contribution in [0.1, 0.15) is 28.0 Å². The number of aromatic nitrogens is 2. The second-order valence-electron chi connectivity index (χ2n) is 7.68. The van der Waals surface area contributed by atoms with Gasteiger partial charge < -0.3 is 9.80 Å². The Morgan fingerprint density at radius 2 is 1.70 bits per heavy atom. The fourth-order valence-corrected chi connectivity index (χ4v) is 4.16. The molecule has 6 nitrogen and oxygen atoms in total. The van der Waals surface area contributed by atoms with Crippen LogP contribution in [0.5, 0.6) is 0 Å². The third kappa shape index (κ3) is 3.81. The molecule has 1 saturated heterocycles. The minimum Gasteiger partial charge on any atom is -0.354 e. The van der Waals surface area contributed by atoms with E-state index in [1.165, 1.54) is 16.0 Å². The Bertz CT molecular complexity index is 779. The van der Waals surface area contributed by atoms with Crippen molar-refractivity contribution in [1.82, 2.24) is 20.0 Å². The molecule has 0 radical (unpaired) electrons. The van der Waals surface area contributed by atoms with Gasteiger partial charge in [-0.25, -0.2) is 0 Å². The van der Waals surface area contributed by atoms with Crippen LogP contribution in [-0.2, 0) is 12.8 Å². The molecule has 1 aliphatic heterocycles. The summed E-state index contributed by atoms with van der Waals surface area (Å²) in [6.07, 6.45) is 3.45. The van der Waals surface area contributed by atoms with Crippen molar-refractivity contribution in [1.29, 1.82) is 0 Å². The summed E-state index contributed by atoms with van der Waals surface area (Å²) in [5.41, 5.74) is 3.41. The standard InChI is InChI=1S/C21H27N5O/c1-24(2)21(27)19-8-9-20(23-22-19)26-11-5-10-25(12-13-26)18-14-16-6-3-4-7-17(16)15-18/h3-4,6-9,18H,5,10-15H2,1-2H3. The Kier molecular flexibility index (Phi) is 5.07. The van der Waals surface area contributed by atoms with Crippen molar-refractivity contribution < 1.29 is 4.79 Å². The SMILES string of the molecule is CN(C)C(=O)c1ccc(N2CCCN(C3Cc4ccccc4C3)CC2)nn1. The Morgan fingerprint density at radius 3 is 2.33 bits per heavy atom. The first-order chi connectivity index (χ1) is 13.1. The number of carbonyl (C=O) groups excluding carboxylic acids is 1. The van der Waals surface area contributed by atoms with Gasteiger partial charge in [0.25, 0.3) is 5.91 Å². The summed E-state index contributed by atoms with van der Waals surface area (Å²) in [5, 5.41) is 8.45. The maximum atomic E-state index is 12.0. The topological polar surface area (TPSA) is 52.6 Å². The third-order valence-corrected chi connectivity index (χ3v) is 5.68. The quantitative estimate of drug-likeness (QED) is 0.831. The van der Waals surface area contributed by atoms with E-state index in [1.807, 2.05) is 6.07 Å². The van der Waals surface area contributed by atoms with Crippen LogP contribution in [0.15, 0.2) is 36.4 Å². The van der Waals surface area contributed by atoms with E-state index in [0.29, 0.717) is 11.7 Å². The second kappa shape index (κ2) is 7.64. The van der Waals surface area contributed by atoms with Gasteiger partial charge in [0, 0.05) is 46.3 Å². The number of rotatable bonds is 3. The molecule has 0 saturated carbocycles. The molecule has 1 aromatic carbocycles. The first-order valence-corrected chi connectivity index (χ1v) is 9.73. The average Bonchev–Trinajstić information content (AvgIpc) is 2.97. The molecule has 27 heavy (non-hydrogen) atoms. The summed E-state index contributed by atoms with van der Waals surface area (Å²) in [4.78, 5) is 18.4. The van der Waals surface area contributed by atoms with Gasteiger partial charge in [0.2, 0.25) is 0 Å². The molecule has 2 aliphatic rings. The summed E-state index contributed by atoms with van der Waals surface area (Å²) >= 11 is 0. The highest BCUT2D eigenvalue weighted by Gasteiger charge is 2.28. The van der Waals surface area contributed by atoms with Crippen molar-refractivity contribution in [3.05, 3.63) is 53.2 Å². The smallest absolute Gasteiger partial charge is 0.273 e. The monoisotopic (exact) mass is 365 g/mol. The highest BCUT2D eigenvalue weighted by atomic mass is 16.2. The van der Waals surface area contributed by atoms with E-state index in [2.05, 4.69) is 44.3 Å². The number of nitrogens with zero attached hydrogens (tertiary/aromatic N) is 5. The van der Waals surface area contributed by atoms with Crippen LogP contribution in [0.25, 0.3) is 0 Å². The van der Waals surface area contributed by atoms with Gasteiger partial charge in [0.1, 0.15) is 0 Å². The fourth-order valence-electron chi connectivity index (χ4n) is 4.16. The first-order valence-electron chi connectivity index (χ1n) is 9.73. The second-order valence-corrected chi connectivity index (χ2v) is 7.68. The molecule has 6 heteroatoms. The van der Waals surface area contributed by atoms with Crippen molar-refractivity contribution in [2.24, 2.45) is 0 Å². The maximum absolute atomic E-state index is 12.0. The minimum absolute atomic E-state index is 0.114. The number of fused-ring (bicyclic) bond motifs is 1. The predicted octanol–water partition coefficient (Wildman–Crippen LogP) is 1.86. The summed E-state index contributed by atoms with van der Waals surface area (Å²) < 4.78 is 0. The molecular weight excluding hydrogens is 338 g/mol. The highest BCUT2D eigenvalue weighted by molar-refractivity contribution is 5.91. The number of anilines is 1. The zero-order chi connectivity index (χ0) is 18.8. The Morgan fingerprint density at radius 1 is 0.963 bits per heavy atom. The van der Waals surface area contributed by atoms with Crippen molar-refractivity contribution in [3.8, 4) is 0 Å². The number of benzene rings is 1. The van der Waals surface area contributed by atoms with Gasteiger partial charge in [-0.2, -0.15) is 0 Å². The lowest BCUT2D eigenvalue weighted by molar-refractivity contribution is 0.0821. The molecule has 4 rings (SSSR count). The predicted molar refractivity (Wildman–Crippen MR) is 106 cm³/mol. The van der Waals surface area contributed by atoms with Gasteiger partial charge in [0.05, 0.1) is 0 Å². The molecule has 0 N–H and O–H groups in total. The lowest BCUT2D eigenvalue weighted by Gasteiger charge is -2.27. The van der Waals surface area contributed by atoms with Crippen molar-refractivity contribution >= 4 is 11.7 Å². The molecule has 2 heterocycles. The van der Waals surface area contributed by atoms with Gasteiger partial charge in [-0.05, 0) is 42.5 Å². The average molecular weight is 365 g/mol. The number of carbonyl (C=O) groups is 1. The highest BCUT2D eigenvalue weighted by Crippen LogP contribution is 2.26. The molecule has 142 valence electrons. The van der Waals surface area contributed by atoms with Crippen LogP contribution in [0.3, 0.4) is 0 Å². The first kappa shape index (κ1) is 17.9. The zero-order valence-electron chi connectivity index (χ0n) is 16.1.